The van der Waals surface area contributed by atoms with Gasteiger partial charge in [-0.15, -0.1) is 0 Å². The van der Waals surface area contributed by atoms with Gasteiger partial charge in [0.05, 0.1) is 10.7 Å². The molecule has 1 saturated carbocycles. The van der Waals surface area contributed by atoms with Crippen LogP contribution in [0.4, 0.5) is 5.69 Å². The third kappa shape index (κ3) is 2.38. The van der Waals surface area contributed by atoms with Gasteiger partial charge in [0.2, 0.25) is 0 Å². The molecule has 3 heteroatoms. The lowest BCUT2D eigenvalue weighted by Crippen LogP contribution is -2.20. The molecular weight excluding hydrogens is 220 g/mol. The molecule has 1 aromatic carbocycles. The van der Waals surface area contributed by atoms with E-state index >= 15 is 0 Å². The van der Waals surface area contributed by atoms with Gasteiger partial charge in [0.15, 0.2) is 0 Å². The number of aliphatic imine (C=N–C) groups is 1. The third-order valence-electron chi connectivity index (χ3n) is 3.20. The van der Waals surface area contributed by atoms with E-state index in [9.17, 15) is 0 Å². The molecule has 2 nitrogen and oxygen atoms in total. The fourth-order valence-corrected chi connectivity index (χ4v) is 2.47. The van der Waals surface area contributed by atoms with Crippen LogP contribution in [0.2, 0.25) is 5.02 Å². The molecule has 0 amide bonds. The Kier molecular flexibility index (Phi) is 3.49. The Morgan fingerprint density at radius 1 is 1.38 bits per heavy atom. The molecule has 2 rings (SSSR count). The Labute approximate surface area is 102 Å². The van der Waals surface area contributed by atoms with Crippen LogP contribution in [0.5, 0.6) is 0 Å². The quantitative estimate of drug-likeness (QED) is 0.615. The van der Waals surface area contributed by atoms with Crippen LogP contribution < -0.4 is 5.73 Å². The first kappa shape index (κ1) is 11.5. The normalized spacial score (nSPS) is 18.0. The Morgan fingerprint density at radius 3 is 2.69 bits per heavy atom. The second kappa shape index (κ2) is 4.88. The molecule has 0 bridgehead atoms. The summed E-state index contributed by atoms with van der Waals surface area (Å²) in [6, 6.07) is 5.80. The molecule has 0 radical (unpaired) electrons. The first-order chi connectivity index (χ1) is 7.68. The molecule has 1 aromatic rings. The van der Waals surface area contributed by atoms with Crippen molar-refractivity contribution in [3.05, 3.63) is 28.8 Å². The zero-order chi connectivity index (χ0) is 11.5. The van der Waals surface area contributed by atoms with Crippen molar-refractivity contribution in [2.75, 3.05) is 0 Å². The van der Waals surface area contributed by atoms with Crippen LogP contribution in [0.1, 0.15) is 31.2 Å². The van der Waals surface area contributed by atoms with Crippen molar-refractivity contribution in [2.45, 2.75) is 32.6 Å². The Hall–Kier alpha value is -1.02. The molecule has 0 spiro atoms. The van der Waals surface area contributed by atoms with E-state index in [4.69, 9.17) is 17.3 Å². The summed E-state index contributed by atoms with van der Waals surface area (Å²) >= 11 is 6.12. The highest BCUT2D eigenvalue weighted by molar-refractivity contribution is 6.33. The molecule has 1 aliphatic carbocycles. The van der Waals surface area contributed by atoms with Crippen LogP contribution in [0.15, 0.2) is 23.2 Å². The van der Waals surface area contributed by atoms with E-state index in [1.54, 1.807) is 0 Å². The summed E-state index contributed by atoms with van der Waals surface area (Å²) in [6.07, 6.45) is 4.86. The molecule has 2 N–H and O–H groups in total. The first-order valence-electron chi connectivity index (χ1n) is 5.77. The summed E-state index contributed by atoms with van der Waals surface area (Å²) in [7, 11) is 0. The Morgan fingerprint density at radius 2 is 2.06 bits per heavy atom. The molecule has 0 unspecified atom stereocenters. The van der Waals surface area contributed by atoms with Gasteiger partial charge in [-0.3, -0.25) is 0 Å². The lowest BCUT2D eigenvalue weighted by molar-refractivity contribution is 0.722. The number of nitrogens with zero attached hydrogens (tertiary/aromatic N) is 1. The maximum Gasteiger partial charge on any atom is 0.103 e. The zero-order valence-electron chi connectivity index (χ0n) is 9.54. The van der Waals surface area contributed by atoms with Gasteiger partial charge >= 0.3 is 0 Å². The highest BCUT2D eigenvalue weighted by Crippen LogP contribution is 2.31. The number of hydrogen-bond acceptors (Lipinski definition) is 1. The summed E-state index contributed by atoms with van der Waals surface area (Å²) in [5.41, 5.74) is 7.94. The van der Waals surface area contributed by atoms with Crippen LogP contribution in [0.25, 0.3) is 0 Å². The van der Waals surface area contributed by atoms with E-state index in [2.05, 4.69) is 4.99 Å². The number of nitrogens with two attached hydrogens (primary N) is 1. The highest BCUT2D eigenvalue weighted by Gasteiger charge is 2.19. The van der Waals surface area contributed by atoms with Gasteiger partial charge in [-0.25, -0.2) is 4.99 Å². The highest BCUT2D eigenvalue weighted by atomic mass is 35.5. The van der Waals surface area contributed by atoms with Crippen LogP contribution in [0.3, 0.4) is 0 Å². The molecule has 16 heavy (non-hydrogen) atoms. The number of para-hydroxylation sites is 1. The number of rotatable bonds is 2. The number of aryl methyl sites for hydroxylation is 1. The maximum absolute atomic E-state index is 6.12. The lowest BCUT2D eigenvalue weighted by atomic mass is 10.1. The van der Waals surface area contributed by atoms with Gasteiger partial charge in [-0.2, -0.15) is 0 Å². The number of halogens is 1. The summed E-state index contributed by atoms with van der Waals surface area (Å²) in [6.45, 7) is 2.01. The minimum atomic E-state index is 0.454. The van der Waals surface area contributed by atoms with Crippen molar-refractivity contribution in [1.82, 2.24) is 0 Å². The molecule has 1 fully saturated rings. The van der Waals surface area contributed by atoms with Crippen LogP contribution in [0, 0.1) is 12.8 Å². The minimum absolute atomic E-state index is 0.454. The SMILES string of the molecule is Cc1cccc(Cl)c1N=C(N)C1CCCC1. The summed E-state index contributed by atoms with van der Waals surface area (Å²) in [5, 5.41) is 0.681. The molecule has 0 heterocycles. The molecule has 86 valence electrons. The number of hydrogen-bond donors (Lipinski definition) is 1. The van der Waals surface area contributed by atoms with Crippen molar-refractivity contribution >= 4 is 23.1 Å². The van der Waals surface area contributed by atoms with E-state index in [0.29, 0.717) is 10.9 Å². The number of benzene rings is 1. The van der Waals surface area contributed by atoms with Gasteiger partial charge in [0.1, 0.15) is 5.84 Å². The number of amidine groups is 1. The van der Waals surface area contributed by atoms with Crippen molar-refractivity contribution in [3.63, 3.8) is 0 Å². The minimum Gasteiger partial charge on any atom is -0.387 e. The lowest BCUT2D eigenvalue weighted by Gasteiger charge is -2.10. The largest absolute Gasteiger partial charge is 0.387 e. The van der Waals surface area contributed by atoms with Crippen molar-refractivity contribution in [2.24, 2.45) is 16.6 Å². The van der Waals surface area contributed by atoms with E-state index in [-0.39, 0.29) is 0 Å². The molecule has 1 aliphatic rings. The summed E-state index contributed by atoms with van der Waals surface area (Å²) in [4.78, 5) is 4.50. The van der Waals surface area contributed by atoms with Crippen LogP contribution in [-0.2, 0) is 0 Å². The van der Waals surface area contributed by atoms with Gasteiger partial charge in [0, 0.05) is 5.92 Å². The zero-order valence-corrected chi connectivity index (χ0v) is 10.3. The molecule has 0 atom stereocenters. The topological polar surface area (TPSA) is 38.4 Å². The third-order valence-corrected chi connectivity index (χ3v) is 3.51. The monoisotopic (exact) mass is 236 g/mol. The van der Waals surface area contributed by atoms with Gasteiger partial charge in [0.25, 0.3) is 0 Å². The fraction of sp³-hybridized carbons (Fsp3) is 0.462. The molecule has 0 saturated heterocycles. The standard InChI is InChI=1S/C13H17ClN2/c1-9-5-4-8-11(14)12(9)16-13(15)10-6-2-3-7-10/h4-5,8,10H,2-3,6-7H2,1H3,(H2,15,16). The van der Waals surface area contributed by atoms with Gasteiger partial charge in [-0.1, -0.05) is 36.6 Å². The van der Waals surface area contributed by atoms with Crippen molar-refractivity contribution in [3.8, 4) is 0 Å². The van der Waals surface area contributed by atoms with Gasteiger partial charge < -0.3 is 5.73 Å². The Bertz CT molecular complexity index is 386. The summed E-state index contributed by atoms with van der Waals surface area (Å²) in [5.74, 6) is 1.20. The maximum atomic E-state index is 6.12. The average molecular weight is 237 g/mol. The Balaban J connectivity index is 2.27. The molecule has 0 aliphatic heterocycles. The van der Waals surface area contributed by atoms with Crippen LogP contribution in [-0.4, -0.2) is 5.84 Å². The van der Waals surface area contributed by atoms with Crippen LogP contribution >= 0.6 is 11.6 Å². The molecular formula is C13H17ClN2. The van der Waals surface area contributed by atoms with Gasteiger partial charge in [-0.05, 0) is 31.4 Å². The summed E-state index contributed by atoms with van der Waals surface area (Å²) < 4.78 is 0. The average Bonchev–Trinajstić information content (AvgIpc) is 2.76. The van der Waals surface area contributed by atoms with E-state index in [0.717, 1.165) is 17.1 Å². The van der Waals surface area contributed by atoms with E-state index in [1.165, 1.54) is 25.7 Å². The van der Waals surface area contributed by atoms with E-state index in [1.807, 2.05) is 25.1 Å². The predicted molar refractivity (Wildman–Crippen MR) is 69.4 cm³/mol. The van der Waals surface area contributed by atoms with E-state index < -0.39 is 0 Å². The fourth-order valence-electron chi connectivity index (χ4n) is 2.21. The second-order valence-corrected chi connectivity index (χ2v) is 4.83. The van der Waals surface area contributed by atoms with Crippen molar-refractivity contribution in [1.29, 1.82) is 0 Å². The predicted octanol–water partition coefficient (Wildman–Crippen LogP) is 3.83. The first-order valence-corrected chi connectivity index (χ1v) is 6.15. The smallest absolute Gasteiger partial charge is 0.103 e. The second-order valence-electron chi connectivity index (χ2n) is 4.42. The van der Waals surface area contributed by atoms with Crippen molar-refractivity contribution < 1.29 is 0 Å². The molecule has 0 aromatic heterocycles.